The maximum atomic E-state index is 13.8. The minimum Gasteiger partial charge on any atom is -0.487 e. The normalized spacial score (nSPS) is 14.2. The zero-order chi connectivity index (χ0) is 14.7. The Morgan fingerprint density at radius 3 is 2.86 bits per heavy atom. The molecule has 4 heteroatoms. The lowest BCUT2D eigenvalue weighted by atomic mass is 10.1. The molecule has 0 bridgehead atoms. The number of aromatic nitrogens is 1. The summed E-state index contributed by atoms with van der Waals surface area (Å²) in [6.45, 7) is 2.91. The van der Waals surface area contributed by atoms with Crippen LogP contribution in [0.4, 0.5) is 4.39 Å². The van der Waals surface area contributed by atoms with Crippen molar-refractivity contribution in [3.63, 3.8) is 0 Å². The molecule has 1 heterocycles. The number of halogens is 1. The molecule has 3 nitrogen and oxygen atoms in total. The summed E-state index contributed by atoms with van der Waals surface area (Å²) >= 11 is 0. The van der Waals surface area contributed by atoms with Gasteiger partial charge in [-0.2, -0.15) is 0 Å². The molecule has 1 aliphatic carbocycles. The fourth-order valence-corrected chi connectivity index (χ4v) is 2.10. The first-order chi connectivity index (χ1) is 10.2. The Morgan fingerprint density at radius 1 is 1.29 bits per heavy atom. The molecule has 0 spiro atoms. The summed E-state index contributed by atoms with van der Waals surface area (Å²) in [6, 6.07) is 9.57. The van der Waals surface area contributed by atoms with E-state index in [4.69, 9.17) is 4.74 Å². The van der Waals surface area contributed by atoms with Crippen molar-refractivity contribution in [1.29, 1.82) is 0 Å². The van der Waals surface area contributed by atoms with E-state index in [-0.39, 0.29) is 12.4 Å². The Balaban J connectivity index is 1.62. The third kappa shape index (κ3) is 4.02. The summed E-state index contributed by atoms with van der Waals surface area (Å²) in [7, 11) is 0. The third-order valence-corrected chi connectivity index (χ3v) is 3.56. The summed E-state index contributed by atoms with van der Waals surface area (Å²) < 4.78 is 19.4. The molecular formula is C17H19FN2O. The molecule has 1 aliphatic rings. The first-order valence-electron chi connectivity index (χ1n) is 7.27. The van der Waals surface area contributed by atoms with Crippen LogP contribution >= 0.6 is 0 Å². The van der Waals surface area contributed by atoms with Crippen molar-refractivity contribution in [3.8, 4) is 5.75 Å². The van der Waals surface area contributed by atoms with Crippen LogP contribution in [0.5, 0.6) is 5.75 Å². The van der Waals surface area contributed by atoms with Crippen molar-refractivity contribution >= 4 is 0 Å². The van der Waals surface area contributed by atoms with Gasteiger partial charge in [-0.15, -0.1) is 0 Å². The van der Waals surface area contributed by atoms with Crippen molar-refractivity contribution in [2.24, 2.45) is 0 Å². The number of aryl methyl sites for hydroxylation is 1. The Bertz CT molecular complexity index is 609. The second-order valence-corrected chi connectivity index (χ2v) is 5.50. The predicted molar refractivity (Wildman–Crippen MR) is 79.6 cm³/mol. The molecule has 1 fully saturated rings. The minimum atomic E-state index is -0.231. The van der Waals surface area contributed by atoms with Crippen molar-refractivity contribution < 1.29 is 9.13 Å². The molecule has 110 valence electrons. The maximum absolute atomic E-state index is 13.8. The highest BCUT2D eigenvalue weighted by molar-refractivity contribution is 5.26. The van der Waals surface area contributed by atoms with Crippen LogP contribution in [0.3, 0.4) is 0 Å². The molecule has 0 aliphatic heterocycles. The van der Waals surface area contributed by atoms with Crippen LogP contribution in [0.2, 0.25) is 0 Å². The Hall–Kier alpha value is -1.94. The smallest absolute Gasteiger partial charge is 0.138 e. The second-order valence-electron chi connectivity index (χ2n) is 5.50. The first-order valence-corrected chi connectivity index (χ1v) is 7.27. The highest BCUT2D eigenvalue weighted by Gasteiger charge is 2.20. The van der Waals surface area contributed by atoms with Gasteiger partial charge < -0.3 is 10.1 Å². The van der Waals surface area contributed by atoms with Crippen molar-refractivity contribution in [2.45, 2.75) is 39.0 Å². The molecule has 2 aromatic rings. The highest BCUT2D eigenvalue weighted by atomic mass is 19.1. The zero-order valence-corrected chi connectivity index (χ0v) is 12.1. The number of benzene rings is 1. The van der Waals surface area contributed by atoms with Gasteiger partial charge in [0.05, 0.1) is 6.20 Å². The van der Waals surface area contributed by atoms with Crippen LogP contribution < -0.4 is 10.1 Å². The van der Waals surface area contributed by atoms with Gasteiger partial charge >= 0.3 is 0 Å². The molecule has 1 N–H and O–H groups in total. The fourth-order valence-electron chi connectivity index (χ4n) is 2.10. The maximum Gasteiger partial charge on any atom is 0.138 e. The molecule has 0 atom stereocenters. The summed E-state index contributed by atoms with van der Waals surface area (Å²) in [4.78, 5) is 4.16. The number of hydrogen-bond donors (Lipinski definition) is 1. The van der Waals surface area contributed by atoms with E-state index in [2.05, 4.69) is 10.3 Å². The van der Waals surface area contributed by atoms with Gasteiger partial charge in [-0.1, -0.05) is 6.07 Å². The molecule has 0 radical (unpaired) electrons. The second kappa shape index (κ2) is 6.22. The van der Waals surface area contributed by atoms with Gasteiger partial charge in [-0.25, -0.2) is 4.39 Å². The van der Waals surface area contributed by atoms with E-state index in [1.165, 1.54) is 18.9 Å². The third-order valence-electron chi connectivity index (χ3n) is 3.56. The Morgan fingerprint density at radius 2 is 2.14 bits per heavy atom. The molecular weight excluding hydrogens is 267 g/mol. The number of hydrogen-bond acceptors (Lipinski definition) is 3. The monoisotopic (exact) mass is 286 g/mol. The van der Waals surface area contributed by atoms with E-state index in [0.717, 1.165) is 17.8 Å². The van der Waals surface area contributed by atoms with Crippen LogP contribution in [0, 0.1) is 12.7 Å². The van der Waals surface area contributed by atoms with Crippen LogP contribution in [0.1, 0.15) is 29.7 Å². The number of nitrogens with one attached hydrogen (secondary N) is 1. The molecule has 3 rings (SSSR count). The topological polar surface area (TPSA) is 34.1 Å². The number of ether oxygens (including phenoxy) is 1. The van der Waals surface area contributed by atoms with E-state index < -0.39 is 0 Å². The van der Waals surface area contributed by atoms with Crippen LogP contribution in [0.15, 0.2) is 36.5 Å². The zero-order valence-electron chi connectivity index (χ0n) is 12.1. The number of rotatable bonds is 6. The van der Waals surface area contributed by atoms with Crippen molar-refractivity contribution in [3.05, 3.63) is 59.2 Å². The van der Waals surface area contributed by atoms with Crippen LogP contribution in [-0.2, 0) is 13.2 Å². The summed E-state index contributed by atoms with van der Waals surface area (Å²) in [5.41, 5.74) is 2.59. The number of pyridine rings is 1. The highest BCUT2D eigenvalue weighted by Crippen LogP contribution is 2.20. The largest absolute Gasteiger partial charge is 0.487 e. The average Bonchev–Trinajstić information content (AvgIpc) is 3.31. The quantitative estimate of drug-likeness (QED) is 0.884. The van der Waals surface area contributed by atoms with Gasteiger partial charge in [-0.05, 0) is 49.6 Å². The molecule has 0 unspecified atom stereocenters. The summed E-state index contributed by atoms with van der Waals surface area (Å²) in [5, 5.41) is 3.43. The molecule has 0 saturated heterocycles. The van der Waals surface area contributed by atoms with Gasteiger partial charge in [0, 0.05) is 23.8 Å². The lowest BCUT2D eigenvalue weighted by Crippen LogP contribution is -2.15. The summed E-state index contributed by atoms with van der Waals surface area (Å²) in [5.74, 6) is 0.423. The SMILES string of the molecule is Cc1ccc(OCc2cc(CNC3CC3)ccc2F)cn1. The van der Waals surface area contributed by atoms with E-state index in [0.29, 0.717) is 17.4 Å². The van der Waals surface area contributed by atoms with Crippen LogP contribution in [0.25, 0.3) is 0 Å². The molecule has 1 aromatic heterocycles. The Kier molecular flexibility index (Phi) is 4.15. The summed E-state index contributed by atoms with van der Waals surface area (Å²) in [6.07, 6.45) is 4.15. The van der Waals surface area contributed by atoms with Gasteiger partial charge in [-0.3, -0.25) is 4.98 Å². The number of nitrogens with zero attached hydrogens (tertiary/aromatic N) is 1. The van der Waals surface area contributed by atoms with E-state index in [9.17, 15) is 4.39 Å². The van der Waals surface area contributed by atoms with Crippen molar-refractivity contribution in [1.82, 2.24) is 10.3 Å². The lowest BCUT2D eigenvalue weighted by molar-refractivity contribution is 0.298. The predicted octanol–water partition coefficient (Wildman–Crippen LogP) is 3.36. The molecule has 1 saturated carbocycles. The van der Waals surface area contributed by atoms with E-state index >= 15 is 0 Å². The lowest BCUT2D eigenvalue weighted by Gasteiger charge is -2.09. The fraction of sp³-hybridized carbons (Fsp3) is 0.353. The van der Waals surface area contributed by atoms with E-state index in [1.54, 1.807) is 6.20 Å². The molecule has 1 aromatic carbocycles. The molecule has 0 amide bonds. The standard InChI is InChI=1S/C17H19FN2O/c1-12-2-6-16(10-19-12)21-11-14-8-13(3-7-17(14)18)9-20-15-4-5-15/h2-3,6-8,10,15,20H,4-5,9,11H2,1H3. The molecule has 21 heavy (non-hydrogen) atoms. The Labute approximate surface area is 124 Å². The van der Waals surface area contributed by atoms with Gasteiger partial charge in [0.2, 0.25) is 0 Å². The first kappa shape index (κ1) is 14.0. The average molecular weight is 286 g/mol. The van der Waals surface area contributed by atoms with E-state index in [1.807, 2.05) is 31.2 Å². The van der Waals surface area contributed by atoms with Crippen LogP contribution in [-0.4, -0.2) is 11.0 Å². The van der Waals surface area contributed by atoms with Crippen molar-refractivity contribution in [2.75, 3.05) is 0 Å². The van der Waals surface area contributed by atoms with Gasteiger partial charge in [0.15, 0.2) is 0 Å². The van der Waals surface area contributed by atoms with Gasteiger partial charge in [0.1, 0.15) is 18.2 Å². The van der Waals surface area contributed by atoms with Gasteiger partial charge in [0.25, 0.3) is 0 Å². The minimum absolute atomic E-state index is 0.216.